The molecule has 0 aromatic heterocycles. The number of fused-ring (bicyclic) bond motifs is 1. The summed E-state index contributed by atoms with van der Waals surface area (Å²) in [7, 11) is 1.59. The van der Waals surface area contributed by atoms with Crippen LogP contribution >= 0.6 is 0 Å². The second-order valence-electron chi connectivity index (χ2n) is 7.08. The maximum atomic E-state index is 12.6. The molecule has 26 heavy (non-hydrogen) atoms. The molecule has 0 bridgehead atoms. The molecule has 0 radical (unpaired) electrons. The van der Waals surface area contributed by atoms with Gasteiger partial charge in [0.2, 0.25) is 11.8 Å². The average Bonchev–Trinajstić information content (AvgIpc) is 3.00. The number of carbonyl (C=O) groups is 3. The van der Waals surface area contributed by atoms with Crippen LogP contribution in [0.4, 0.5) is 0 Å². The van der Waals surface area contributed by atoms with E-state index in [0.29, 0.717) is 30.8 Å². The second kappa shape index (κ2) is 6.97. The van der Waals surface area contributed by atoms with Crippen LogP contribution in [0.15, 0.2) is 18.2 Å². The van der Waals surface area contributed by atoms with Crippen molar-refractivity contribution in [2.75, 3.05) is 20.2 Å². The van der Waals surface area contributed by atoms with Gasteiger partial charge in [0.25, 0.3) is 5.91 Å². The Labute approximate surface area is 153 Å². The quantitative estimate of drug-likeness (QED) is 0.872. The Hall–Kier alpha value is -2.57. The summed E-state index contributed by atoms with van der Waals surface area (Å²) in [6, 6.07) is 4.73. The fourth-order valence-electron chi connectivity index (χ4n) is 3.91. The van der Waals surface area contributed by atoms with Crippen LogP contribution in [-0.4, -0.2) is 65.8 Å². The van der Waals surface area contributed by atoms with Crippen molar-refractivity contribution in [3.8, 4) is 5.75 Å². The van der Waals surface area contributed by atoms with Gasteiger partial charge in [-0.3, -0.25) is 14.4 Å². The number of ether oxygens (including phenoxy) is 1. The summed E-state index contributed by atoms with van der Waals surface area (Å²) in [5.41, 5.74) is 1.44. The zero-order valence-electron chi connectivity index (χ0n) is 15.6. The molecule has 1 N–H and O–H groups in total. The minimum atomic E-state index is -0.443. The molecule has 7 heteroatoms. The van der Waals surface area contributed by atoms with E-state index in [0.717, 1.165) is 5.56 Å². The number of nitrogens with zero attached hydrogens (tertiary/aromatic N) is 2. The molecule has 3 amide bonds. The summed E-state index contributed by atoms with van der Waals surface area (Å²) in [6.07, 6.45) is 0.656. The van der Waals surface area contributed by atoms with Gasteiger partial charge in [-0.2, -0.15) is 0 Å². The third-order valence-corrected chi connectivity index (χ3v) is 5.35. The predicted molar refractivity (Wildman–Crippen MR) is 96.0 cm³/mol. The van der Waals surface area contributed by atoms with Gasteiger partial charge in [0.1, 0.15) is 11.8 Å². The summed E-state index contributed by atoms with van der Waals surface area (Å²) in [5.74, 6) is 0.417. The Kier molecular flexibility index (Phi) is 4.89. The highest BCUT2D eigenvalue weighted by atomic mass is 16.5. The Balaban J connectivity index is 1.69. The van der Waals surface area contributed by atoms with Crippen LogP contribution in [0.1, 0.15) is 36.2 Å². The van der Waals surface area contributed by atoms with Gasteiger partial charge in [-0.25, -0.2) is 0 Å². The maximum Gasteiger partial charge on any atom is 0.251 e. The molecular weight excluding hydrogens is 334 g/mol. The fourth-order valence-corrected chi connectivity index (χ4v) is 3.91. The van der Waals surface area contributed by atoms with Crippen molar-refractivity contribution in [3.05, 3.63) is 29.3 Å². The van der Waals surface area contributed by atoms with Crippen molar-refractivity contribution >= 4 is 17.7 Å². The highest BCUT2D eigenvalue weighted by Crippen LogP contribution is 2.26. The van der Waals surface area contributed by atoms with E-state index in [1.807, 2.05) is 13.0 Å². The first-order chi connectivity index (χ1) is 12.3. The molecule has 1 aromatic carbocycles. The number of hydrogen-bond donors (Lipinski definition) is 1. The number of aryl methyl sites for hydroxylation is 1. The molecule has 0 unspecified atom stereocenters. The first-order valence-electron chi connectivity index (χ1n) is 8.85. The van der Waals surface area contributed by atoms with Gasteiger partial charge in [-0.15, -0.1) is 0 Å². The predicted octanol–water partition coefficient (Wildman–Crippen LogP) is 0.954. The molecule has 2 aliphatic rings. The number of carbonyl (C=O) groups excluding carboxylic acids is 3. The van der Waals surface area contributed by atoms with Crippen molar-refractivity contribution in [2.45, 2.75) is 45.3 Å². The lowest BCUT2D eigenvalue weighted by Gasteiger charge is -2.40. The van der Waals surface area contributed by atoms with Gasteiger partial charge in [-0.05, 0) is 44.0 Å². The molecule has 2 fully saturated rings. The average molecular weight is 359 g/mol. The summed E-state index contributed by atoms with van der Waals surface area (Å²) >= 11 is 0. The van der Waals surface area contributed by atoms with Crippen molar-refractivity contribution in [1.82, 2.24) is 15.1 Å². The summed E-state index contributed by atoms with van der Waals surface area (Å²) in [4.78, 5) is 40.3. The van der Waals surface area contributed by atoms with Crippen LogP contribution in [0.5, 0.6) is 5.75 Å². The van der Waals surface area contributed by atoms with E-state index in [2.05, 4.69) is 5.32 Å². The van der Waals surface area contributed by atoms with Crippen molar-refractivity contribution in [2.24, 2.45) is 0 Å². The van der Waals surface area contributed by atoms with E-state index < -0.39 is 6.04 Å². The standard InChI is InChI=1S/C19H25N3O4/c1-11-7-16(26-4)5-6-17(11)18(24)20-14-8-15-10-21(13(3)23)12(2)19(25)22(15)9-14/h5-7,12,14-15H,8-10H2,1-4H3,(H,20,24)/t12-,14-,15-/m0/s1. The molecule has 2 saturated heterocycles. The number of amides is 3. The number of rotatable bonds is 3. The number of methoxy groups -OCH3 is 1. The van der Waals surface area contributed by atoms with E-state index in [1.54, 1.807) is 36.0 Å². The lowest BCUT2D eigenvalue weighted by Crippen LogP contribution is -2.59. The lowest BCUT2D eigenvalue weighted by molar-refractivity contribution is -0.151. The number of benzene rings is 1. The molecule has 2 aliphatic heterocycles. The Morgan fingerprint density at radius 1 is 1.27 bits per heavy atom. The minimum absolute atomic E-state index is 0.0372. The number of piperazine rings is 1. The van der Waals surface area contributed by atoms with Crippen LogP contribution in [-0.2, 0) is 9.59 Å². The number of hydrogen-bond acceptors (Lipinski definition) is 4. The van der Waals surface area contributed by atoms with Gasteiger partial charge in [0.05, 0.1) is 13.2 Å². The van der Waals surface area contributed by atoms with Gasteiger partial charge >= 0.3 is 0 Å². The van der Waals surface area contributed by atoms with Crippen LogP contribution in [0, 0.1) is 6.92 Å². The van der Waals surface area contributed by atoms with E-state index >= 15 is 0 Å². The monoisotopic (exact) mass is 359 g/mol. The topological polar surface area (TPSA) is 79.0 Å². The third-order valence-electron chi connectivity index (χ3n) is 5.35. The van der Waals surface area contributed by atoms with Crippen LogP contribution < -0.4 is 10.1 Å². The second-order valence-corrected chi connectivity index (χ2v) is 7.08. The molecule has 0 spiro atoms. The number of nitrogens with one attached hydrogen (secondary N) is 1. The first kappa shape index (κ1) is 18.2. The van der Waals surface area contributed by atoms with Crippen LogP contribution in [0.2, 0.25) is 0 Å². The third kappa shape index (κ3) is 3.25. The molecule has 3 rings (SSSR count). The van der Waals surface area contributed by atoms with Gasteiger partial charge in [0, 0.05) is 31.6 Å². The Morgan fingerprint density at radius 3 is 2.62 bits per heavy atom. The fraction of sp³-hybridized carbons (Fsp3) is 0.526. The molecule has 1 aromatic rings. The molecule has 3 atom stereocenters. The summed E-state index contributed by atoms with van der Waals surface area (Å²) in [5, 5.41) is 3.03. The SMILES string of the molecule is COc1ccc(C(=O)N[C@H]2C[C@H]3CN(C(C)=O)[C@@H](C)C(=O)N3C2)c(C)c1. The largest absolute Gasteiger partial charge is 0.497 e. The summed E-state index contributed by atoms with van der Waals surface area (Å²) < 4.78 is 5.17. The van der Waals surface area contributed by atoms with Gasteiger partial charge < -0.3 is 19.9 Å². The van der Waals surface area contributed by atoms with Gasteiger partial charge in [0.15, 0.2) is 0 Å². The van der Waals surface area contributed by atoms with Gasteiger partial charge in [-0.1, -0.05) is 0 Å². The molecule has 0 saturated carbocycles. The lowest BCUT2D eigenvalue weighted by atomic mass is 10.1. The molecule has 7 nitrogen and oxygen atoms in total. The Bertz CT molecular complexity index is 748. The highest BCUT2D eigenvalue weighted by Gasteiger charge is 2.44. The highest BCUT2D eigenvalue weighted by molar-refractivity contribution is 5.96. The molecular formula is C19H25N3O4. The minimum Gasteiger partial charge on any atom is -0.497 e. The van der Waals surface area contributed by atoms with Crippen LogP contribution in [0.25, 0.3) is 0 Å². The van der Waals surface area contributed by atoms with Crippen molar-refractivity contribution < 1.29 is 19.1 Å². The molecule has 140 valence electrons. The maximum absolute atomic E-state index is 12.6. The first-order valence-corrected chi connectivity index (χ1v) is 8.85. The van der Waals surface area contributed by atoms with E-state index in [4.69, 9.17) is 4.74 Å². The Morgan fingerprint density at radius 2 is 2.00 bits per heavy atom. The summed E-state index contributed by atoms with van der Waals surface area (Å²) in [6.45, 7) is 6.12. The van der Waals surface area contributed by atoms with E-state index in [1.165, 1.54) is 6.92 Å². The zero-order valence-corrected chi connectivity index (χ0v) is 15.6. The van der Waals surface area contributed by atoms with E-state index in [9.17, 15) is 14.4 Å². The van der Waals surface area contributed by atoms with Crippen LogP contribution in [0.3, 0.4) is 0 Å². The smallest absolute Gasteiger partial charge is 0.251 e. The molecule has 0 aliphatic carbocycles. The molecule has 2 heterocycles. The van der Waals surface area contributed by atoms with Crippen molar-refractivity contribution in [1.29, 1.82) is 0 Å². The van der Waals surface area contributed by atoms with E-state index in [-0.39, 0.29) is 29.8 Å². The normalized spacial score (nSPS) is 25.1. The van der Waals surface area contributed by atoms with Crippen molar-refractivity contribution in [3.63, 3.8) is 0 Å². The zero-order chi connectivity index (χ0) is 19.0.